The predicted octanol–water partition coefficient (Wildman–Crippen LogP) is 1.14. The third-order valence-electron chi connectivity index (χ3n) is 4.43. The maximum absolute atomic E-state index is 14.9. The monoisotopic (exact) mass is 397 g/mol. The molecule has 0 saturated heterocycles. The maximum atomic E-state index is 14.9. The largest absolute Gasteiger partial charge is 0.400 e. The highest BCUT2D eigenvalue weighted by Gasteiger charge is 3.01. The summed E-state index contributed by atoms with van der Waals surface area (Å²) in [6, 6.07) is 0.222. The Balaban J connectivity index is 2.98. The molecule has 1 aromatic rings. The average molecular weight is 397 g/mol. The lowest BCUT2D eigenvalue weighted by Gasteiger charge is -2.52. The first-order chi connectivity index (χ1) is 11.3. The van der Waals surface area contributed by atoms with Crippen LogP contribution in [0.15, 0.2) is 12.1 Å². The SMILES string of the molecule is Bc1cc(C2(F)C(F)(F)C(F)(F)C(F)(F)C(F)(F)C2(F)F)cc(B)c1N. The molecule has 2 rings (SSSR count). The van der Waals surface area contributed by atoms with Crippen LogP contribution in [-0.4, -0.2) is 45.3 Å². The van der Waals surface area contributed by atoms with Gasteiger partial charge >= 0.3 is 29.6 Å². The second kappa shape index (κ2) is 5.00. The van der Waals surface area contributed by atoms with Crippen molar-refractivity contribution in [3.05, 3.63) is 17.7 Å². The van der Waals surface area contributed by atoms with Crippen LogP contribution >= 0.6 is 0 Å². The van der Waals surface area contributed by atoms with Crippen molar-refractivity contribution >= 4 is 32.3 Å². The van der Waals surface area contributed by atoms with Gasteiger partial charge in [-0.15, -0.1) is 0 Å². The van der Waals surface area contributed by atoms with Gasteiger partial charge in [-0.3, -0.25) is 0 Å². The van der Waals surface area contributed by atoms with Gasteiger partial charge in [0.05, 0.1) is 0 Å². The van der Waals surface area contributed by atoms with Crippen molar-refractivity contribution < 1.29 is 48.3 Å². The number of anilines is 1. The zero-order chi connectivity index (χ0) is 20.7. The van der Waals surface area contributed by atoms with Crippen LogP contribution in [0.4, 0.5) is 54.0 Å². The molecule has 0 atom stereocenters. The summed E-state index contributed by atoms with van der Waals surface area (Å²) >= 11 is 0. The van der Waals surface area contributed by atoms with E-state index in [-0.39, 0.29) is 28.7 Å². The van der Waals surface area contributed by atoms with E-state index in [4.69, 9.17) is 5.73 Å². The first-order valence-corrected chi connectivity index (χ1v) is 6.77. The van der Waals surface area contributed by atoms with Crippen molar-refractivity contribution in [1.82, 2.24) is 0 Å². The summed E-state index contributed by atoms with van der Waals surface area (Å²) in [4.78, 5) is 0. The van der Waals surface area contributed by atoms with Gasteiger partial charge in [-0.05, 0) is 0 Å². The van der Waals surface area contributed by atoms with Crippen LogP contribution in [0, 0.1) is 0 Å². The lowest BCUT2D eigenvalue weighted by Crippen LogP contribution is -2.82. The molecule has 0 aromatic heterocycles. The zero-order valence-corrected chi connectivity index (χ0v) is 12.9. The van der Waals surface area contributed by atoms with Crippen LogP contribution < -0.4 is 16.7 Å². The minimum absolute atomic E-state index is 0.111. The molecular formula is C12H8B2F11N. The van der Waals surface area contributed by atoms with Crippen molar-refractivity contribution in [2.75, 3.05) is 5.73 Å². The lowest BCUT2D eigenvalue weighted by molar-refractivity contribution is -0.489. The van der Waals surface area contributed by atoms with Gasteiger partial charge in [0.15, 0.2) is 0 Å². The van der Waals surface area contributed by atoms with Gasteiger partial charge in [-0.1, -0.05) is 23.1 Å². The van der Waals surface area contributed by atoms with E-state index < -0.39 is 40.8 Å². The Bertz CT molecular complexity index is 709. The second-order valence-corrected chi connectivity index (χ2v) is 6.05. The Hall–Kier alpha value is -1.62. The predicted molar refractivity (Wildman–Crippen MR) is 74.7 cm³/mol. The van der Waals surface area contributed by atoms with Gasteiger partial charge in [-0.25, -0.2) is 4.39 Å². The van der Waals surface area contributed by atoms with Crippen LogP contribution in [0.5, 0.6) is 0 Å². The van der Waals surface area contributed by atoms with Gasteiger partial charge in [0.1, 0.15) is 15.7 Å². The molecule has 1 nitrogen and oxygen atoms in total. The van der Waals surface area contributed by atoms with Gasteiger partial charge in [0.25, 0.3) is 5.67 Å². The summed E-state index contributed by atoms with van der Waals surface area (Å²) < 4.78 is 151. The molecule has 1 fully saturated rings. The quantitative estimate of drug-likeness (QED) is 0.430. The molecule has 2 N–H and O–H groups in total. The third kappa shape index (κ3) is 1.85. The normalized spacial score (nSPS) is 27.0. The number of nitrogen functional groups attached to an aromatic ring is 1. The van der Waals surface area contributed by atoms with E-state index in [0.717, 1.165) is 15.7 Å². The summed E-state index contributed by atoms with van der Waals surface area (Å²) in [6.07, 6.45) is 0. The topological polar surface area (TPSA) is 26.0 Å². The highest BCUT2D eigenvalue weighted by molar-refractivity contribution is 6.43. The lowest BCUT2D eigenvalue weighted by atomic mass is 9.67. The van der Waals surface area contributed by atoms with Crippen LogP contribution in [0.2, 0.25) is 0 Å². The van der Waals surface area contributed by atoms with Crippen LogP contribution in [-0.2, 0) is 5.67 Å². The highest BCUT2D eigenvalue weighted by Crippen LogP contribution is 2.72. The summed E-state index contributed by atoms with van der Waals surface area (Å²) in [5.74, 6) is -35.2. The third-order valence-corrected chi connectivity index (χ3v) is 4.43. The Kier molecular flexibility index (Phi) is 3.98. The molecule has 0 aliphatic heterocycles. The molecule has 14 heteroatoms. The van der Waals surface area contributed by atoms with Crippen molar-refractivity contribution in [2.24, 2.45) is 0 Å². The molecule has 26 heavy (non-hydrogen) atoms. The van der Waals surface area contributed by atoms with Crippen LogP contribution in [0.25, 0.3) is 0 Å². The molecule has 1 aromatic carbocycles. The van der Waals surface area contributed by atoms with Crippen molar-refractivity contribution in [1.29, 1.82) is 0 Å². The number of rotatable bonds is 1. The van der Waals surface area contributed by atoms with Crippen molar-refractivity contribution in [3.63, 3.8) is 0 Å². The Labute approximate surface area is 140 Å². The summed E-state index contributed by atoms with van der Waals surface area (Å²) in [5, 5.41) is 0. The molecule has 1 saturated carbocycles. The van der Waals surface area contributed by atoms with E-state index in [0.29, 0.717) is 0 Å². The first kappa shape index (κ1) is 20.7. The van der Waals surface area contributed by atoms with E-state index >= 15 is 0 Å². The van der Waals surface area contributed by atoms with Crippen LogP contribution in [0.3, 0.4) is 0 Å². The number of alkyl halides is 11. The van der Waals surface area contributed by atoms with Crippen molar-refractivity contribution in [2.45, 2.75) is 35.3 Å². The maximum Gasteiger partial charge on any atom is 0.384 e. The molecule has 0 amide bonds. The van der Waals surface area contributed by atoms with E-state index in [1.807, 2.05) is 0 Å². The molecule has 0 unspecified atom stereocenters. The smallest absolute Gasteiger partial charge is 0.384 e. The number of nitrogens with two attached hydrogens (primary N) is 1. The fourth-order valence-corrected chi connectivity index (χ4v) is 2.76. The van der Waals surface area contributed by atoms with E-state index in [2.05, 4.69) is 0 Å². The summed E-state index contributed by atoms with van der Waals surface area (Å²) in [6.45, 7) is 0. The number of halogens is 11. The summed E-state index contributed by atoms with van der Waals surface area (Å²) in [7, 11) is 1.94. The van der Waals surface area contributed by atoms with Gasteiger partial charge in [0, 0.05) is 11.3 Å². The first-order valence-electron chi connectivity index (χ1n) is 6.77. The number of benzene rings is 1. The summed E-state index contributed by atoms with van der Waals surface area (Å²) in [5.41, 5.74) is -3.78. The van der Waals surface area contributed by atoms with Gasteiger partial charge in [0.2, 0.25) is 0 Å². The van der Waals surface area contributed by atoms with Crippen LogP contribution in [0.1, 0.15) is 5.56 Å². The molecule has 1 aliphatic rings. The van der Waals surface area contributed by atoms with E-state index in [1.165, 1.54) is 0 Å². The molecule has 0 bridgehead atoms. The Morgan fingerprint density at radius 1 is 0.577 bits per heavy atom. The molecule has 0 spiro atoms. The highest BCUT2D eigenvalue weighted by atomic mass is 19.4. The zero-order valence-electron chi connectivity index (χ0n) is 12.9. The standard InChI is InChI=1S/C12H8B2F11N/c13-4-1-3(2-5(14)6(4)26)7(15)8(16,17)10(20,21)12(24,25)11(22,23)9(7,18)19/h1-2H,13-14,26H2. The fourth-order valence-electron chi connectivity index (χ4n) is 2.76. The fraction of sp³-hybridized carbons (Fsp3) is 0.500. The average Bonchev–Trinajstić information content (AvgIpc) is 2.49. The minimum atomic E-state index is -7.22. The molecule has 0 radical (unpaired) electrons. The number of hydrogen-bond donors (Lipinski definition) is 1. The van der Waals surface area contributed by atoms with Gasteiger partial charge < -0.3 is 5.73 Å². The second-order valence-electron chi connectivity index (χ2n) is 6.05. The minimum Gasteiger partial charge on any atom is -0.400 e. The Morgan fingerprint density at radius 3 is 1.15 bits per heavy atom. The van der Waals surface area contributed by atoms with Crippen molar-refractivity contribution in [3.8, 4) is 0 Å². The van der Waals surface area contributed by atoms with E-state index in [1.54, 1.807) is 0 Å². The Morgan fingerprint density at radius 2 is 0.846 bits per heavy atom. The van der Waals surface area contributed by atoms with E-state index in [9.17, 15) is 48.3 Å². The van der Waals surface area contributed by atoms with Gasteiger partial charge in [-0.2, -0.15) is 43.9 Å². The molecule has 1 aliphatic carbocycles. The molecule has 0 heterocycles. The molecule has 144 valence electrons. The molecular weight excluding hydrogens is 389 g/mol. The number of hydrogen-bond acceptors (Lipinski definition) is 1.